The van der Waals surface area contributed by atoms with Gasteiger partial charge in [-0.3, -0.25) is 14.4 Å². The van der Waals surface area contributed by atoms with Gasteiger partial charge in [-0.15, -0.1) is 0 Å². The molecule has 55 heavy (non-hydrogen) atoms. The molecule has 5 atom stereocenters. The summed E-state index contributed by atoms with van der Waals surface area (Å²) >= 11 is 0. The molecule has 0 spiro atoms. The highest BCUT2D eigenvalue weighted by molar-refractivity contribution is 6.01. The third-order valence-corrected chi connectivity index (χ3v) is 13.9. The molecule has 290 valence electrons. The first-order chi connectivity index (χ1) is 26.5. The van der Waals surface area contributed by atoms with E-state index < -0.39 is 0 Å². The van der Waals surface area contributed by atoms with E-state index in [4.69, 9.17) is 0 Å². The van der Waals surface area contributed by atoms with Crippen LogP contribution >= 0.6 is 0 Å². The molecule has 0 bridgehead atoms. The van der Waals surface area contributed by atoms with Crippen molar-refractivity contribution >= 4 is 17.3 Å². The van der Waals surface area contributed by atoms with Gasteiger partial charge in [-0.25, -0.2) is 0 Å². The van der Waals surface area contributed by atoms with Crippen LogP contribution in [0.1, 0.15) is 195 Å². The lowest BCUT2D eigenvalue weighted by Crippen LogP contribution is -2.36. The molecule has 0 amide bonds. The molecule has 0 aromatic heterocycles. The van der Waals surface area contributed by atoms with Crippen LogP contribution in [0.15, 0.2) is 97.1 Å². The molecule has 4 aromatic rings. The highest BCUT2D eigenvalue weighted by Gasteiger charge is 2.43. The Labute approximate surface area is 331 Å². The lowest BCUT2D eigenvalue weighted by molar-refractivity contribution is -0.121. The zero-order chi connectivity index (χ0) is 39.1. The average molecular weight is 737 g/mol. The second-order valence-electron chi connectivity index (χ2n) is 17.5. The fourth-order valence-electron chi connectivity index (χ4n) is 9.89. The molecule has 2 saturated carbocycles. The van der Waals surface area contributed by atoms with E-state index in [1.165, 1.54) is 87.3 Å². The first-order valence-electron chi connectivity index (χ1n) is 21.5. The number of Topliss-reactive ketones (excluding diaryl/α,β-unsaturated/α-hetero) is 3. The lowest BCUT2D eigenvalue weighted by atomic mass is 9.56. The smallest absolute Gasteiger partial charge is 0.170 e. The van der Waals surface area contributed by atoms with Crippen LogP contribution in [0.3, 0.4) is 0 Å². The minimum Gasteiger partial charge on any atom is -0.298 e. The molecule has 3 heteroatoms. The predicted molar refractivity (Wildman–Crippen MR) is 228 cm³/mol. The Morgan fingerprint density at radius 1 is 0.618 bits per heavy atom. The molecule has 2 aliphatic carbocycles. The molecule has 0 heterocycles. The summed E-state index contributed by atoms with van der Waals surface area (Å²) < 4.78 is 0. The van der Waals surface area contributed by atoms with Gasteiger partial charge in [0.15, 0.2) is 11.6 Å². The minimum absolute atomic E-state index is 0.0712. The molecule has 5 unspecified atom stereocenters. The molecular weight excluding hydrogens is 673 g/mol. The molecule has 6 rings (SSSR count). The third kappa shape index (κ3) is 9.48. The SMILES string of the molecule is CCC(c1ccc(C(C)CC(=O)c2ccc(C(C)C(=O)C(C)c3ccc(C(=O)C(C)c4ccc(C)cc4)cc3)cc2)cc1)C1(CCCC2CCCC2)CCC1. The highest BCUT2D eigenvalue weighted by Crippen LogP contribution is 2.56. The van der Waals surface area contributed by atoms with Gasteiger partial charge in [0.05, 0.1) is 0 Å². The van der Waals surface area contributed by atoms with Crippen LogP contribution in [0.2, 0.25) is 0 Å². The van der Waals surface area contributed by atoms with Crippen LogP contribution in [0.25, 0.3) is 0 Å². The monoisotopic (exact) mass is 736 g/mol. The summed E-state index contributed by atoms with van der Waals surface area (Å²) in [4.78, 5) is 40.3. The van der Waals surface area contributed by atoms with Crippen LogP contribution in [-0.2, 0) is 4.79 Å². The quantitative estimate of drug-likeness (QED) is 0.0956. The van der Waals surface area contributed by atoms with E-state index in [1.807, 2.05) is 100 Å². The Morgan fingerprint density at radius 2 is 1.11 bits per heavy atom. The largest absolute Gasteiger partial charge is 0.298 e. The average Bonchev–Trinajstić information content (AvgIpc) is 3.72. The summed E-state index contributed by atoms with van der Waals surface area (Å²) in [6.07, 6.45) is 15.8. The highest BCUT2D eigenvalue weighted by atomic mass is 16.1. The van der Waals surface area contributed by atoms with Gasteiger partial charge in [0, 0.05) is 35.3 Å². The van der Waals surface area contributed by atoms with Crippen molar-refractivity contribution in [3.05, 3.63) is 142 Å². The summed E-state index contributed by atoms with van der Waals surface area (Å²) in [7, 11) is 0. The minimum atomic E-state index is -0.323. The van der Waals surface area contributed by atoms with Gasteiger partial charge >= 0.3 is 0 Å². The van der Waals surface area contributed by atoms with Crippen molar-refractivity contribution in [1.29, 1.82) is 0 Å². The second kappa shape index (κ2) is 18.2. The molecule has 0 N–H and O–H groups in total. The summed E-state index contributed by atoms with van der Waals surface area (Å²) in [5.41, 5.74) is 8.50. The Hall–Kier alpha value is -4.11. The molecule has 0 aliphatic heterocycles. The van der Waals surface area contributed by atoms with Crippen molar-refractivity contribution in [2.45, 2.75) is 148 Å². The molecule has 0 radical (unpaired) electrons. The Bertz CT molecular complexity index is 1870. The number of hydrogen-bond donors (Lipinski definition) is 0. The Balaban J connectivity index is 1.01. The topological polar surface area (TPSA) is 51.2 Å². The summed E-state index contributed by atoms with van der Waals surface area (Å²) in [5, 5.41) is 0. The zero-order valence-corrected chi connectivity index (χ0v) is 34.4. The van der Waals surface area contributed by atoms with Crippen molar-refractivity contribution in [1.82, 2.24) is 0 Å². The molecule has 0 saturated heterocycles. The van der Waals surface area contributed by atoms with Crippen molar-refractivity contribution in [2.24, 2.45) is 11.3 Å². The Morgan fingerprint density at radius 3 is 1.64 bits per heavy atom. The van der Waals surface area contributed by atoms with E-state index in [1.54, 1.807) is 0 Å². The van der Waals surface area contributed by atoms with Gasteiger partial charge in [-0.1, -0.05) is 182 Å². The van der Waals surface area contributed by atoms with Crippen LogP contribution in [0, 0.1) is 18.3 Å². The maximum absolute atomic E-state index is 13.6. The normalized spacial score (nSPS) is 18.1. The summed E-state index contributed by atoms with van der Waals surface area (Å²) in [5.74, 6) is 1.16. The third-order valence-electron chi connectivity index (χ3n) is 13.9. The number of aryl methyl sites for hydroxylation is 1. The molecule has 4 aromatic carbocycles. The van der Waals surface area contributed by atoms with Gasteiger partial charge in [-0.2, -0.15) is 0 Å². The summed E-state index contributed by atoms with van der Waals surface area (Å²) in [6, 6.07) is 32.5. The van der Waals surface area contributed by atoms with Crippen molar-refractivity contribution in [3.63, 3.8) is 0 Å². The van der Waals surface area contributed by atoms with E-state index in [-0.39, 0.29) is 41.0 Å². The predicted octanol–water partition coefficient (Wildman–Crippen LogP) is 13.9. The maximum Gasteiger partial charge on any atom is 0.170 e. The number of rotatable bonds is 18. The van der Waals surface area contributed by atoms with Crippen LogP contribution in [0.4, 0.5) is 0 Å². The Kier molecular flexibility index (Phi) is 13.4. The first-order valence-corrected chi connectivity index (χ1v) is 21.5. The van der Waals surface area contributed by atoms with E-state index in [0.29, 0.717) is 28.9 Å². The molecule has 2 aliphatic rings. The van der Waals surface area contributed by atoms with Crippen LogP contribution < -0.4 is 0 Å². The zero-order valence-electron chi connectivity index (χ0n) is 34.4. The van der Waals surface area contributed by atoms with Crippen molar-refractivity contribution in [3.8, 4) is 0 Å². The number of ketones is 3. The number of carbonyl (C=O) groups excluding carboxylic acids is 3. The van der Waals surface area contributed by atoms with Gasteiger partial charge in [0.1, 0.15) is 5.78 Å². The fourth-order valence-corrected chi connectivity index (χ4v) is 9.89. The van der Waals surface area contributed by atoms with Gasteiger partial charge in [0.2, 0.25) is 0 Å². The number of carbonyl (C=O) groups is 3. The summed E-state index contributed by atoms with van der Waals surface area (Å²) in [6.45, 7) is 12.4. The van der Waals surface area contributed by atoms with E-state index in [9.17, 15) is 14.4 Å². The van der Waals surface area contributed by atoms with Crippen molar-refractivity contribution in [2.75, 3.05) is 0 Å². The molecule has 3 nitrogen and oxygen atoms in total. The van der Waals surface area contributed by atoms with E-state index >= 15 is 0 Å². The fraction of sp³-hybridized carbons (Fsp3) is 0.481. The standard InChI is InChI=1S/C52H64O3/c1-7-48(52(32-11-33-52)31-10-14-40-12-8-9-13-40)45-25-19-41(20-26-45)36(3)34-49(53)46-27-21-43(22-28-46)37(4)50(54)38(5)44-23-29-47(30-24-44)51(55)39(6)42-17-15-35(2)16-18-42/h15-30,36-40,48H,7-14,31-34H2,1-6H3. The maximum atomic E-state index is 13.6. The van der Waals surface area contributed by atoms with Crippen molar-refractivity contribution < 1.29 is 14.4 Å². The van der Waals surface area contributed by atoms with E-state index in [2.05, 4.69) is 38.1 Å². The van der Waals surface area contributed by atoms with Crippen LogP contribution in [0.5, 0.6) is 0 Å². The molecular formula is C52H64O3. The lowest BCUT2D eigenvalue weighted by Gasteiger charge is -2.49. The number of hydrogen-bond acceptors (Lipinski definition) is 3. The number of benzene rings is 4. The van der Waals surface area contributed by atoms with E-state index in [0.717, 1.165) is 22.6 Å². The van der Waals surface area contributed by atoms with Gasteiger partial charge < -0.3 is 0 Å². The molecule has 2 fully saturated rings. The second-order valence-corrected chi connectivity index (χ2v) is 17.5. The van der Waals surface area contributed by atoms with Gasteiger partial charge in [0.25, 0.3) is 0 Å². The van der Waals surface area contributed by atoms with Crippen LogP contribution in [-0.4, -0.2) is 17.3 Å². The van der Waals surface area contributed by atoms with Gasteiger partial charge in [-0.05, 0) is 83.6 Å². The first kappa shape index (κ1) is 40.6.